The highest BCUT2D eigenvalue weighted by Crippen LogP contribution is 2.35. The summed E-state index contributed by atoms with van der Waals surface area (Å²) in [6.45, 7) is 9.74. The number of likely N-dealkylation sites (tertiary alicyclic amines) is 1. The zero-order chi connectivity index (χ0) is 19.1. The van der Waals surface area contributed by atoms with E-state index in [1.165, 1.54) is 5.56 Å². The maximum Gasteiger partial charge on any atom is 0.236 e. The number of carbonyl (C=O) groups is 1. The number of piperidine rings is 1. The molecule has 0 saturated carbocycles. The Hall–Kier alpha value is -1.43. The number of benzene rings is 1. The minimum atomic E-state index is -0.0284. The van der Waals surface area contributed by atoms with Gasteiger partial charge in [0, 0.05) is 45.9 Å². The lowest BCUT2D eigenvalue weighted by atomic mass is 9.75. The van der Waals surface area contributed by atoms with Gasteiger partial charge in [-0.05, 0) is 43.2 Å². The highest BCUT2D eigenvalue weighted by atomic mass is 16.3. The largest absolute Gasteiger partial charge is 0.396 e. The molecule has 2 saturated heterocycles. The van der Waals surface area contributed by atoms with Gasteiger partial charge in [-0.1, -0.05) is 37.3 Å². The van der Waals surface area contributed by atoms with Crippen LogP contribution < -0.4 is 0 Å². The summed E-state index contributed by atoms with van der Waals surface area (Å²) in [5.74, 6) is 0.259. The first-order chi connectivity index (χ1) is 13.1. The van der Waals surface area contributed by atoms with E-state index in [0.717, 1.165) is 71.5 Å². The van der Waals surface area contributed by atoms with Crippen LogP contribution in [-0.4, -0.2) is 84.7 Å². The standard InChI is InChI=1S/C22H35N3O2/c1-2-23-14-16-24(17-15-23)18-21(27)25-12-10-22(19-26,11-13-25)9-8-20-6-4-3-5-7-20/h3-7,26H,2,8-19H2,1H3. The lowest BCUT2D eigenvalue weighted by Gasteiger charge is -2.42. The molecule has 1 aromatic rings. The zero-order valence-electron chi connectivity index (χ0n) is 16.8. The number of nitrogens with zero attached hydrogens (tertiary/aromatic N) is 3. The van der Waals surface area contributed by atoms with Gasteiger partial charge in [0.2, 0.25) is 5.91 Å². The Morgan fingerprint density at radius 1 is 1.00 bits per heavy atom. The first-order valence-electron chi connectivity index (χ1n) is 10.5. The van der Waals surface area contributed by atoms with E-state index in [2.05, 4.69) is 41.0 Å². The van der Waals surface area contributed by atoms with Gasteiger partial charge in [-0.25, -0.2) is 0 Å². The SMILES string of the molecule is CCN1CCN(CC(=O)N2CCC(CO)(CCc3ccccc3)CC2)CC1. The van der Waals surface area contributed by atoms with Crippen molar-refractivity contribution >= 4 is 5.91 Å². The first kappa shape index (κ1) is 20.3. The van der Waals surface area contributed by atoms with Crippen LogP contribution in [0.15, 0.2) is 30.3 Å². The van der Waals surface area contributed by atoms with Crippen molar-refractivity contribution in [2.24, 2.45) is 5.41 Å². The highest BCUT2D eigenvalue weighted by molar-refractivity contribution is 5.78. The number of hydrogen-bond acceptors (Lipinski definition) is 4. The number of amides is 1. The van der Waals surface area contributed by atoms with Crippen molar-refractivity contribution in [1.82, 2.24) is 14.7 Å². The van der Waals surface area contributed by atoms with E-state index in [9.17, 15) is 9.90 Å². The topological polar surface area (TPSA) is 47.0 Å². The van der Waals surface area contributed by atoms with Gasteiger partial charge in [-0.2, -0.15) is 0 Å². The van der Waals surface area contributed by atoms with Crippen LogP contribution in [0, 0.1) is 5.41 Å². The zero-order valence-corrected chi connectivity index (χ0v) is 16.8. The molecule has 0 aromatic heterocycles. The number of likely N-dealkylation sites (N-methyl/N-ethyl adjacent to an activating group) is 1. The predicted octanol–water partition coefficient (Wildman–Crippen LogP) is 1.86. The molecule has 2 heterocycles. The van der Waals surface area contributed by atoms with Gasteiger partial charge >= 0.3 is 0 Å². The normalized spacial score (nSPS) is 21.3. The van der Waals surface area contributed by atoms with Crippen LogP contribution >= 0.6 is 0 Å². The molecular formula is C22H35N3O2. The Bertz CT molecular complexity index is 576. The Labute approximate surface area is 163 Å². The number of aliphatic hydroxyl groups excluding tert-OH is 1. The summed E-state index contributed by atoms with van der Waals surface area (Å²) in [5.41, 5.74) is 1.30. The summed E-state index contributed by atoms with van der Waals surface area (Å²) in [6, 6.07) is 10.5. The average Bonchev–Trinajstić information content (AvgIpc) is 2.74. The minimum absolute atomic E-state index is 0.0284. The average molecular weight is 374 g/mol. The molecule has 0 unspecified atom stereocenters. The van der Waals surface area contributed by atoms with E-state index in [1.807, 2.05) is 11.0 Å². The van der Waals surface area contributed by atoms with Crippen molar-refractivity contribution < 1.29 is 9.90 Å². The van der Waals surface area contributed by atoms with E-state index < -0.39 is 0 Å². The van der Waals surface area contributed by atoms with Gasteiger partial charge in [0.05, 0.1) is 6.54 Å². The lowest BCUT2D eigenvalue weighted by Crippen LogP contribution is -2.52. The van der Waals surface area contributed by atoms with Crippen molar-refractivity contribution in [2.45, 2.75) is 32.6 Å². The van der Waals surface area contributed by atoms with Crippen molar-refractivity contribution in [2.75, 3.05) is 59.0 Å². The van der Waals surface area contributed by atoms with Crippen LogP contribution in [0.2, 0.25) is 0 Å². The second-order valence-electron chi connectivity index (χ2n) is 8.23. The van der Waals surface area contributed by atoms with Crippen LogP contribution in [-0.2, 0) is 11.2 Å². The molecule has 5 nitrogen and oxygen atoms in total. The summed E-state index contributed by atoms with van der Waals surface area (Å²) in [4.78, 5) is 19.4. The van der Waals surface area contributed by atoms with E-state index in [0.29, 0.717) is 6.54 Å². The van der Waals surface area contributed by atoms with Crippen LogP contribution in [0.5, 0.6) is 0 Å². The Balaban J connectivity index is 1.44. The first-order valence-corrected chi connectivity index (χ1v) is 10.5. The fourth-order valence-electron chi connectivity index (χ4n) is 4.33. The molecule has 2 fully saturated rings. The fraction of sp³-hybridized carbons (Fsp3) is 0.682. The maximum atomic E-state index is 12.7. The number of carbonyl (C=O) groups excluding carboxylic acids is 1. The monoisotopic (exact) mass is 373 g/mol. The third-order valence-electron chi connectivity index (χ3n) is 6.57. The van der Waals surface area contributed by atoms with Crippen molar-refractivity contribution in [3.8, 4) is 0 Å². The minimum Gasteiger partial charge on any atom is -0.396 e. The molecule has 2 aliphatic heterocycles. The van der Waals surface area contributed by atoms with Crippen LogP contribution in [0.1, 0.15) is 31.7 Å². The van der Waals surface area contributed by atoms with Gasteiger partial charge in [-0.3, -0.25) is 9.69 Å². The smallest absolute Gasteiger partial charge is 0.236 e. The molecule has 0 aliphatic carbocycles. The summed E-state index contributed by atoms with van der Waals surface area (Å²) in [6.07, 6.45) is 3.81. The van der Waals surface area contributed by atoms with Gasteiger partial charge in [-0.15, -0.1) is 0 Å². The van der Waals surface area contributed by atoms with Crippen molar-refractivity contribution in [3.63, 3.8) is 0 Å². The summed E-state index contributed by atoms with van der Waals surface area (Å²) in [5, 5.41) is 10.0. The van der Waals surface area contributed by atoms with Crippen molar-refractivity contribution in [1.29, 1.82) is 0 Å². The summed E-state index contributed by atoms with van der Waals surface area (Å²) < 4.78 is 0. The van der Waals surface area contributed by atoms with Gasteiger partial charge in [0.15, 0.2) is 0 Å². The van der Waals surface area contributed by atoms with E-state index in [-0.39, 0.29) is 17.9 Å². The maximum absolute atomic E-state index is 12.7. The van der Waals surface area contributed by atoms with E-state index >= 15 is 0 Å². The fourth-order valence-corrected chi connectivity index (χ4v) is 4.33. The van der Waals surface area contributed by atoms with E-state index in [4.69, 9.17) is 0 Å². The molecule has 2 aliphatic rings. The number of hydrogen-bond donors (Lipinski definition) is 1. The Kier molecular flexibility index (Phi) is 7.27. The van der Waals surface area contributed by atoms with Gasteiger partial charge in [0.25, 0.3) is 0 Å². The van der Waals surface area contributed by atoms with Crippen LogP contribution in [0.4, 0.5) is 0 Å². The second-order valence-corrected chi connectivity index (χ2v) is 8.23. The molecule has 1 amide bonds. The van der Waals surface area contributed by atoms with Crippen molar-refractivity contribution in [3.05, 3.63) is 35.9 Å². The molecular weight excluding hydrogens is 338 g/mol. The molecule has 0 bridgehead atoms. The number of piperazine rings is 1. The lowest BCUT2D eigenvalue weighted by molar-refractivity contribution is -0.135. The highest BCUT2D eigenvalue weighted by Gasteiger charge is 2.35. The second kappa shape index (κ2) is 9.67. The summed E-state index contributed by atoms with van der Waals surface area (Å²) >= 11 is 0. The molecule has 3 rings (SSSR count). The predicted molar refractivity (Wildman–Crippen MR) is 109 cm³/mol. The van der Waals surface area contributed by atoms with Gasteiger partial charge in [0.1, 0.15) is 0 Å². The molecule has 1 aromatic carbocycles. The van der Waals surface area contributed by atoms with Crippen LogP contribution in [0.3, 0.4) is 0 Å². The molecule has 27 heavy (non-hydrogen) atoms. The molecule has 0 atom stereocenters. The van der Waals surface area contributed by atoms with Gasteiger partial charge < -0.3 is 14.9 Å². The van der Waals surface area contributed by atoms with Crippen LogP contribution in [0.25, 0.3) is 0 Å². The summed E-state index contributed by atoms with van der Waals surface area (Å²) in [7, 11) is 0. The quantitative estimate of drug-likeness (QED) is 0.793. The number of aliphatic hydroxyl groups is 1. The Morgan fingerprint density at radius 2 is 1.63 bits per heavy atom. The molecule has 5 heteroatoms. The third-order valence-corrected chi connectivity index (χ3v) is 6.57. The Morgan fingerprint density at radius 3 is 2.22 bits per heavy atom. The molecule has 0 radical (unpaired) electrons. The molecule has 150 valence electrons. The molecule has 1 N–H and O–H groups in total. The van der Waals surface area contributed by atoms with E-state index in [1.54, 1.807) is 0 Å². The number of rotatable bonds is 7. The molecule has 0 spiro atoms. The number of aryl methyl sites for hydroxylation is 1. The third kappa shape index (κ3) is 5.53.